The van der Waals surface area contributed by atoms with E-state index < -0.39 is 0 Å². The third-order valence-corrected chi connectivity index (χ3v) is 3.77. The van der Waals surface area contributed by atoms with E-state index in [1.165, 1.54) is 0 Å². The lowest BCUT2D eigenvalue weighted by Crippen LogP contribution is -2.39. The first-order valence-electron chi connectivity index (χ1n) is 7.95. The summed E-state index contributed by atoms with van der Waals surface area (Å²) >= 11 is 0. The summed E-state index contributed by atoms with van der Waals surface area (Å²) < 4.78 is 0. The largest absolute Gasteiger partial charge is 0.361 e. The molecule has 1 aromatic heterocycles. The van der Waals surface area contributed by atoms with E-state index in [1.54, 1.807) is 0 Å². The van der Waals surface area contributed by atoms with Crippen LogP contribution < -0.4 is 0 Å². The van der Waals surface area contributed by atoms with Crippen LogP contribution in [0.1, 0.15) is 19.4 Å². The molecule has 120 valence electrons. The second-order valence-corrected chi connectivity index (χ2v) is 6.57. The molecule has 2 aromatic rings. The number of hydrogen-bond donors (Lipinski definition) is 1. The number of rotatable bonds is 7. The van der Waals surface area contributed by atoms with E-state index in [4.69, 9.17) is 0 Å². The summed E-state index contributed by atoms with van der Waals surface area (Å²) in [5.74, 6) is 0.689. The van der Waals surface area contributed by atoms with Crippen LogP contribution in [0.5, 0.6) is 0 Å². The van der Waals surface area contributed by atoms with Crippen molar-refractivity contribution in [1.82, 2.24) is 14.8 Å². The van der Waals surface area contributed by atoms with E-state index >= 15 is 0 Å². The minimum Gasteiger partial charge on any atom is -0.361 e. The summed E-state index contributed by atoms with van der Waals surface area (Å²) in [6, 6.07) is 8.14. The molecule has 0 atom stereocenters. The molecule has 0 saturated heterocycles. The minimum absolute atomic E-state index is 0.209. The van der Waals surface area contributed by atoms with Crippen molar-refractivity contribution in [1.29, 1.82) is 0 Å². The molecular weight excluding hydrogens is 274 g/mol. The molecule has 0 fully saturated rings. The number of para-hydroxylation sites is 1. The van der Waals surface area contributed by atoms with Gasteiger partial charge in [0.2, 0.25) is 5.91 Å². The maximum absolute atomic E-state index is 12.7. The molecule has 0 aliphatic heterocycles. The number of nitrogens with one attached hydrogen (secondary N) is 1. The lowest BCUT2D eigenvalue weighted by atomic mass is 10.1. The molecule has 1 heterocycles. The van der Waals surface area contributed by atoms with Crippen molar-refractivity contribution in [3.8, 4) is 0 Å². The number of hydrogen-bond acceptors (Lipinski definition) is 2. The highest BCUT2D eigenvalue weighted by atomic mass is 16.2. The highest BCUT2D eigenvalue weighted by Gasteiger charge is 2.17. The van der Waals surface area contributed by atoms with Gasteiger partial charge in [0, 0.05) is 36.7 Å². The number of carbonyl (C=O) groups excluding carboxylic acids is 1. The summed E-state index contributed by atoms with van der Waals surface area (Å²) in [4.78, 5) is 20.1. The standard InChI is InChI=1S/C18H27N3O/c1-14(2)13-21(10-9-20(3)4)18(22)11-15-12-19-17-8-6-5-7-16(15)17/h5-8,12,14,19H,9-11,13H2,1-4H3. The quantitative estimate of drug-likeness (QED) is 0.854. The first-order chi connectivity index (χ1) is 10.5. The molecule has 0 spiro atoms. The van der Waals surface area contributed by atoms with Gasteiger partial charge in [0.15, 0.2) is 0 Å². The molecule has 0 unspecified atom stereocenters. The van der Waals surface area contributed by atoms with Crippen LogP contribution in [0.4, 0.5) is 0 Å². The highest BCUT2D eigenvalue weighted by Crippen LogP contribution is 2.19. The number of amides is 1. The van der Waals surface area contributed by atoms with Gasteiger partial charge in [0.05, 0.1) is 6.42 Å². The predicted octanol–water partition coefficient (Wildman–Crippen LogP) is 2.76. The average Bonchev–Trinajstić information content (AvgIpc) is 2.86. The summed E-state index contributed by atoms with van der Waals surface area (Å²) in [5.41, 5.74) is 2.17. The molecule has 0 radical (unpaired) electrons. The summed E-state index contributed by atoms with van der Waals surface area (Å²) in [6.07, 6.45) is 2.42. The van der Waals surface area contributed by atoms with Crippen LogP contribution in [0.2, 0.25) is 0 Å². The second kappa shape index (κ2) is 7.45. The van der Waals surface area contributed by atoms with Crippen LogP contribution in [-0.4, -0.2) is 54.4 Å². The zero-order valence-corrected chi connectivity index (χ0v) is 14.1. The van der Waals surface area contributed by atoms with Gasteiger partial charge >= 0.3 is 0 Å². The average molecular weight is 301 g/mol. The van der Waals surface area contributed by atoms with Crippen LogP contribution in [-0.2, 0) is 11.2 Å². The number of nitrogens with zero attached hydrogens (tertiary/aromatic N) is 2. The van der Waals surface area contributed by atoms with E-state index in [1.807, 2.05) is 43.4 Å². The topological polar surface area (TPSA) is 39.3 Å². The zero-order valence-electron chi connectivity index (χ0n) is 14.1. The first-order valence-corrected chi connectivity index (χ1v) is 7.95. The van der Waals surface area contributed by atoms with Gasteiger partial charge in [-0.25, -0.2) is 0 Å². The maximum Gasteiger partial charge on any atom is 0.227 e. The van der Waals surface area contributed by atoms with Gasteiger partial charge in [-0.3, -0.25) is 4.79 Å². The van der Waals surface area contributed by atoms with Gasteiger partial charge in [-0.15, -0.1) is 0 Å². The third kappa shape index (κ3) is 4.34. The Kier molecular flexibility index (Phi) is 5.61. The Balaban J connectivity index is 2.09. The number of benzene rings is 1. The Labute approximate surface area is 133 Å². The van der Waals surface area contributed by atoms with Crippen LogP contribution in [0.3, 0.4) is 0 Å². The lowest BCUT2D eigenvalue weighted by molar-refractivity contribution is -0.131. The van der Waals surface area contributed by atoms with Gasteiger partial charge in [-0.05, 0) is 31.6 Å². The summed E-state index contributed by atoms with van der Waals surface area (Å²) in [7, 11) is 4.08. The molecule has 1 amide bonds. The smallest absolute Gasteiger partial charge is 0.227 e. The number of likely N-dealkylation sites (N-methyl/N-ethyl adjacent to an activating group) is 1. The van der Waals surface area contributed by atoms with Crippen LogP contribution >= 0.6 is 0 Å². The molecule has 0 saturated carbocycles. The van der Waals surface area contributed by atoms with E-state index in [-0.39, 0.29) is 5.91 Å². The van der Waals surface area contributed by atoms with Crippen LogP contribution in [0.15, 0.2) is 30.5 Å². The number of carbonyl (C=O) groups is 1. The SMILES string of the molecule is CC(C)CN(CCN(C)C)C(=O)Cc1c[nH]c2ccccc12. The molecule has 0 bridgehead atoms. The summed E-state index contributed by atoms with van der Waals surface area (Å²) in [5, 5.41) is 1.15. The molecule has 4 nitrogen and oxygen atoms in total. The fourth-order valence-corrected chi connectivity index (χ4v) is 2.63. The fourth-order valence-electron chi connectivity index (χ4n) is 2.63. The monoisotopic (exact) mass is 301 g/mol. The van der Waals surface area contributed by atoms with Gasteiger partial charge in [-0.1, -0.05) is 32.0 Å². The number of aromatic amines is 1. The zero-order chi connectivity index (χ0) is 16.1. The van der Waals surface area contributed by atoms with Crippen LogP contribution in [0.25, 0.3) is 10.9 Å². The van der Waals surface area contributed by atoms with E-state index in [2.05, 4.69) is 29.8 Å². The van der Waals surface area contributed by atoms with Crippen molar-refractivity contribution in [2.75, 3.05) is 33.7 Å². The molecule has 1 N–H and O–H groups in total. The fraction of sp³-hybridized carbons (Fsp3) is 0.500. The number of H-pyrrole nitrogens is 1. The Bertz CT molecular complexity index is 616. The molecule has 2 rings (SSSR count). The predicted molar refractivity (Wildman–Crippen MR) is 92.0 cm³/mol. The Hall–Kier alpha value is -1.81. The van der Waals surface area contributed by atoms with Crippen molar-refractivity contribution >= 4 is 16.8 Å². The highest BCUT2D eigenvalue weighted by molar-refractivity contribution is 5.88. The van der Waals surface area contributed by atoms with E-state index in [0.717, 1.165) is 36.1 Å². The first kappa shape index (κ1) is 16.6. The molecule has 22 heavy (non-hydrogen) atoms. The van der Waals surface area contributed by atoms with Crippen molar-refractivity contribution in [2.45, 2.75) is 20.3 Å². The third-order valence-electron chi connectivity index (χ3n) is 3.77. The van der Waals surface area contributed by atoms with Gasteiger partial charge < -0.3 is 14.8 Å². The van der Waals surface area contributed by atoms with E-state index in [9.17, 15) is 4.79 Å². The molecule has 0 aliphatic rings. The van der Waals surface area contributed by atoms with Gasteiger partial charge in [0.1, 0.15) is 0 Å². The normalized spacial score (nSPS) is 11.5. The Morgan fingerprint density at radius 2 is 1.91 bits per heavy atom. The second-order valence-electron chi connectivity index (χ2n) is 6.57. The van der Waals surface area contributed by atoms with Crippen molar-refractivity contribution in [3.63, 3.8) is 0 Å². The van der Waals surface area contributed by atoms with Crippen molar-refractivity contribution in [3.05, 3.63) is 36.0 Å². The lowest BCUT2D eigenvalue weighted by Gasteiger charge is -2.26. The minimum atomic E-state index is 0.209. The molecule has 0 aliphatic carbocycles. The summed E-state index contributed by atoms with van der Waals surface area (Å²) in [6.45, 7) is 6.80. The number of aromatic nitrogens is 1. The van der Waals surface area contributed by atoms with Gasteiger partial charge in [-0.2, -0.15) is 0 Å². The van der Waals surface area contributed by atoms with Crippen LogP contribution in [0, 0.1) is 5.92 Å². The van der Waals surface area contributed by atoms with Crippen molar-refractivity contribution in [2.24, 2.45) is 5.92 Å². The van der Waals surface area contributed by atoms with Crippen molar-refractivity contribution < 1.29 is 4.79 Å². The van der Waals surface area contributed by atoms with E-state index in [0.29, 0.717) is 12.3 Å². The number of fused-ring (bicyclic) bond motifs is 1. The maximum atomic E-state index is 12.7. The molecule has 4 heteroatoms. The molecule has 1 aromatic carbocycles. The Morgan fingerprint density at radius 1 is 1.18 bits per heavy atom. The van der Waals surface area contributed by atoms with Gasteiger partial charge in [0.25, 0.3) is 0 Å². The molecular formula is C18H27N3O. The Morgan fingerprint density at radius 3 is 2.59 bits per heavy atom.